The maximum atomic E-state index is 12.6. The number of aliphatic hydroxyl groups excluding tert-OH is 1. The van der Waals surface area contributed by atoms with Crippen molar-refractivity contribution in [2.45, 2.75) is 32.2 Å². The molecule has 0 spiro atoms. The summed E-state index contributed by atoms with van der Waals surface area (Å²) in [7, 11) is 1.29. The zero-order chi connectivity index (χ0) is 19.4. The van der Waals surface area contributed by atoms with Gasteiger partial charge >= 0.3 is 5.97 Å². The smallest absolute Gasteiger partial charge is 0.337 e. The largest absolute Gasteiger partial charge is 0.466 e. The predicted molar refractivity (Wildman–Crippen MR) is 103 cm³/mol. The Morgan fingerprint density at radius 2 is 2.04 bits per heavy atom. The maximum absolute atomic E-state index is 12.6. The topological polar surface area (TPSA) is 82.1 Å². The lowest BCUT2D eigenvalue weighted by atomic mass is 10.0. The van der Waals surface area contributed by atoms with Crippen LogP contribution in [0.2, 0.25) is 0 Å². The first-order valence-corrected chi connectivity index (χ1v) is 9.40. The van der Waals surface area contributed by atoms with Crippen LogP contribution in [-0.2, 0) is 14.3 Å². The van der Waals surface area contributed by atoms with E-state index in [-0.39, 0.29) is 36.9 Å². The molecule has 2 aliphatic rings. The summed E-state index contributed by atoms with van der Waals surface area (Å²) in [6, 6.07) is 8.43. The number of hydrogen-bond acceptors (Lipinski definition) is 6. The maximum Gasteiger partial charge on any atom is 0.337 e. The minimum Gasteiger partial charge on any atom is -0.466 e. The lowest BCUT2D eigenvalue weighted by molar-refractivity contribution is -0.136. The molecule has 0 bridgehead atoms. The van der Waals surface area contributed by atoms with Crippen LogP contribution in [0.3, 0.4) is 0 Å². The first-order chi connectivity index (χ1) is 13.0. The molecule has 146 valence electrons. The van der Waals surface area contributed by atoms with Gasteiger partial charge in [-0.2, -0.15) is 0 Å². The third-order valence-corrected chi connectivity index (χ3v) is 5.22. The van der Waals surface area contributed by atoms with Gasteiger partial charge in [-0.1, -0.05) is 0 Å². The van der Waals surface area contributed by atoms with Gasteiger partial charge in [0.25, 0.3) is 5.91 Å². The number of piperidine rings is 1. The third-order valence-electron chi connectivity index (χ3n) is 5.22. The minimum atomic E-state index is -0.537. The number of nitrogens with one attached hydrogen (secondary N) is 1. The van der Waals surface area contributed by atoms with Gasteiger partial charge in [0.2, 0.25) is 0 Å². The number of esters is 1. The van der Waals surface area contributed by atoms with Crippen LogP contribution in [0.4, 0.5) is 11.4 Å². The molecule has 0 radical (unpaired) electrons. The molecular formula is C20H27N3O4. The molecule has 1 unspecified atom stereocenters. The fourth-order valence-electron chi connectivity index (χ4n) is 3.71. The van der Waals surface area contributed by atoms with Gasteiger partial charge in [-0.05, 0) is 50.5 Å². The molecule has 1 aromatic rings. The number of carbonyl (C=O) groups is 2. The Morgan fingerprint density at radius 3 is 2.67 bits per heavy atom. The number of aliphatic hydroxyl groups is 1. The van der Waals surface area contributed by atoms with Crippen molar-refractivity contribution in [3.8, 4) is 0 Å². The Balaban J connectivity index is 1.78. The first kappa shape index (κ1) is 19.2. The van der Waals surface area contributed by atoms with Crippen molar-refractivity contribution in [3.05, 3.63) is 35.5 Å². The number of β-amino-alcohol motifs (C(OH)–C–C–N with tert-alkyl or cyclic N) is 1. The number of rotatable bonds is 6. The fourth-order valence-corrected chi connectivity index (χ4v) is 3.71. The highest BCUT2D eigenvalue weighted by Gasteiger charge is 2.34. The zero-order valence-corrected chi connectivity index (χ0v) is 15.9. The molecule has 7 nitrogen and oxygen atoms in total. The zero-order valence-electron chi connectivity index (χ0n) is 15.9. The molecule has 2 heterocycles. The van der Waals surface area contributed by atoms with Crippen LogP contribution < -0.4 is 10.2 Å². The second kappa shape index (κ2) is 8.43. The Morgan fingerprint density at radius 1 is 1.30 bits per heavy atom. The minimum absolute atomic E-state index is 0.137. The highest BCUT2D eigenvalue weighted by Crippen LogP contribution is 2.27. The van der Waals surface area contributed by atoms with Crippen molar-refractivity contribution in [2.75, 3.05) is 43.6 Å². The third kappa shape index (κ3) is 4.08. The summed E-state index contributed by atoms with van der Waals surface area (Å²) in [4.78, 5) is 28.4. The van der Waals surface area contributed by atoms with E-state index >= 15 is 0 Å². The van der Waals surface area contributed by atoms with Gasteiger partial charge in [-0.25, -0.2) is 4.79 Å². The summed E-state index contributed by atoms with van der Waals surface area (Å²) in [5, 5.41) is 12.2. The van der Waals surface area contributed by atoms with Crippen LogP contribution in [0.25, 0.3) is 0 Å². The molecule has 0 saturated carbocycles. The lowest BCUT2D eigenvalue weighted by Gasteiger charge is -2.35. The molecule has 27 heavy (non-hydrogen) atoms. The van der Waals surface area contributed by atoms with E-state index in [1.807, 2.05) is 24.3 Å². The summed E-state index contributed by atoms with van der Waals surface area (Å²) < 4.78 is 4.80. The first-order valence-electron chi connectivity index (χ1n) is 9.40. The number of amides is 1. The van der Waals surface area contributed by atoms with Crippen molar-refractivity contribution in [2.24, 2.45) is 0 Å². The van der Waals surface area contributed by atoms with E-state index in [1.165, 1.54) is 31.3 Å². The van der Waals surface area contributed by atoms with Gasteiger partial charge in [0, 0.05) is 30.5 Å². The van der Waals surface area contributed by atoms with E-state index in [1.54, 1.807) is 0 Å². The Labute approximate surface area is 159 Å². The normalized spacial score (nSPS) is 20.3. The van der Waals surface area contributed by atoms with E-state index in [0.29, 0.717) is 6.04 Å². The Bertz CT molecular complexity index is 729. The molecule has 1 atom stereocenters. The van der Waals surface area contributed by atoms with Crippen molar-refractivity contribution in [1.82, 2.24) is 4.90 Å². The molecule has 1 aromatic carbocycles. The lowest BCUT2D eigenvalue weighted by Crippen LogP contribution is -2.37. The van der Waals surface area contributed by atoms with Gasteiger partial charge in [-0.15, -0.1) is 0 Å². The van der Waals surface area contributed by atoms with Gasteiger partial charge in [-0.3, -0.25) is 4.79 Å². The van der Waals surface area contributed by atoms with Gasteiger partial charge in [0.1, 0.15) is 5.70 Å². The highest BCUT2D eigenvalue weighted by atomic mass is 16.5. The highest BCUT2D eigenvalue weighted by molar-refractivity contribution is 6.08. The van der Waals surface area contributed by atoms with Crippen molar-refractivity contribution in [3.63, 3.8) is 0 Å². The van der Waals surface area contributed by atoms with Crippen molar-refractivity contribution < 1.29 is 19.4 Å². The Kier molecular flexibility index (Phi) is 6.01. The molecule has 1 amide bonds. The summed E-state index contributed by atoms with van der Waals surface area (Å²) in [6.07, 6.45) is 3.67. The van der Waals surface area contributed by atoms with Crippen LogP contribution in [0.15, 0.2) is 35.5 Å². The number of nitrogens with zero attached hydrogens (tertiary/aromatic N) is 2. The second-order valence-electron chi connectivity index (χ2n) is 7.01. The van der Waals surface area contributed by atoms with Gasteiger partial charge in [0.15, 0.2) is 0 Å². The monoisotopic (exact) mass is 373 g/mol. The fraction of sp³-hybridized carbons (Fsp3) is 0.500. The van der Waals surface area contributed by atoms with Crippen LogP contribution in [-0.4, -0.2) is 61.3 Å². The molecule has 2 aliphatic heterocycles. The van der Waals surface area contributed by atoms with E-state index in [4.69, 9.17) is 9.84 Å². The van der Waals surface area contributed by atoms with Crippen molar-refractivity contribution >= 4 is 23.3 Å². The van der Waals surface area contributed by atoms with E-state index < -0.39 is 5.97 Å². The number of ether oxygens (including phenoxy) is 1. The average Bonchev–Trinajstić information content (AvgIpc) is 2.99. The van der Waals surface area contributed by atoms with Gasteiger partial charge in [0.05, 0.1) is 25.8 Å². The van der Waals surface area contributed by atoms with Crippen LogP contribution >= 0.6 is 0 Å². The molecule has 7 heteroatoms. The predicted octanol–water partition coefficient (Wildman–Crippen LogP) is 1.74. The molecule has 3 rings (SSSR count). The average molecular weight is 373 g/mol. The molecule has 1 fully saturated rings. The summed E-state index contributed by atoms with van der Waals surface area (Å²) >= 11 is 0. The van der Waals surface area contributed by atoms with E-state index in [9.17, 15) is 9.59 Å². The second-order valence-corrected chi connectivity index (χ2v) is 7.01. The summed E-state index contributed by atoms with van der Waals surface area (Å²) in [5.74, 6) is -0.844. The molecule has 0 aliphatic carbocycles. The Hall–Kier alpha value is -2.54. The molecule has 1 saturated heterocycles. The number of carbonyl (C=O) groups excluding carboxylic acids is 2. The number of anilines is 2. The van der Waals surface area contributed by atoms with E-state index in [0.717, 1.165) is 17.9 Å². The molecule has 2 N–H and O–H groups in total. The molecular weight excluding hydrogens is 346 g/mol. The molecule has 0 aromatic heterocycles. The summed E-state index contributed by atoms with van der Waals surface area (Å²) in [5.41, 5.74) is 2.40. The standard InChI is InChI=1S/C20H27N3O4/c1-14-5-3-4-10-23(14)16-8-6-15(7-9-16)21-18-17(20(26)27-2)13-22(11-12-24)19(18)25/h6-9,14,21,24H,3-5,10-13H2,1-2H3. The quantitative estimate of drug-likeness (QED) is 0.739. The van der Waals surface area contributed by atoms with E-state index in [2.05, 4.69) is 17.1 Å². The van der Waals surface area contributed by atoms with Crippen molar-refractivity contribution in [1.29, 1.82) is 0 Å². The number of hydrogen-bond donors (Lipinski definition) is 2. The van der Waals surface area contributed by atoms with Gasteiger partial charge < -0.3 is 25.0 Å². The van der Waals surface area contributed by atoms with Crippen LogP contribution in [0, 0.1) is 0 Å². The SMILES string of the molecule is COC(=O)C1=C(Nc2ccc(N3CCCCC3C)cc2)C(=O)N(CCO)C1. The number of methoxy groups -OCH3 is 1. The van der Waals surface area contributed by atoms with Crippen LogP contribution in [0.1, 0.15) is 26.2 Å². The summed E-state index contributed by atoms with van der Waals surface area (Å²) in [6.45, 7) is 3.45. The number of benzene rings is 1. The van der Waals surface area contributed by atoms with Crippen LogP contribution in [0.5, 0.6) is 0 Å².